The van der Waals surface area contributed by atoms with Crippen molar-refractivity contribution in [2.75, 3.05) is 0 Å². The topological polar surface area (TPSA) is 51.2 Å². The molecule has 3 heteroatoms. The number of nitrogens with two attached hydrogens (primary N) is 1. The predicted molar refractivity (Wildman–Crippen MR) is 84.3 cm³/mol. The molecule has 0 saturated carbocycles. The number of hydrogen-bond acceptors (Lipinski definition) is 3. The Balaban J connectivity index is 2.31. The largest absolute Gasteiger partial charge is 0.459 e. The van der Waals surface area contributed by atoms with Crippen molar-refractivity contribution in [3.63, 3.8) is 0 Å². The molecule has 0 aliphatic heterocycles. The summed E-state index contributed by atoms with van der Waals surface area (Å²) in [4.78, 5) is 0. The van der Waals surface area contributed by atoms with Crippen LogP contribution >= 0.6 is 0 Å². The number of hydrazine groups is 1. The SMILES string of the molecule is CCCC(CCC)C(NN)c1cc2cc(C)ccc2o1. The van der Waals surface area contributed by atoms with E-state index < -0.39 is 0 Å². The van der Waals surface area contributed by atoms with E-state index in [-0.39, 0.29) is 6.04 Å². The van der Waals surface area contributed by atoms with Gasteiger partial charge in [-0.05, 0) is 43.9 Å². The fraction of sp³-hybridized carbons (Fsp3) is 0.529. The zero-order valence-corrected chi connectivity index (χ0v) is 12.8. The summed E-state index contributed by atoms with van der Waals surface area (Å²) >= 11 is 0. The summed E-state index contributed by atoms with van der Waals surface area (Å²) in [6.07, 6.45) is 4.67. The zero-order valence-electron chi connectivity index (χ0n) is 12.8. The Morgan fingerprint density at radius 2 is 1.85 bits per heavy atom. The van der Waals surface area contributed by atoms with Crippen molar-refractivity contribution < 1.29 is 4.42 Å². The summed E-state index contributed by atoms with van der Waals surface area (Å²) in [7, 11) is 0. The maximum Gasteiger partial charge on any atom is 0.134 e. The number of benzene rings is 1. The van der Waals surface area contributed by atoms with Gasteiger partial charge in [-0.15, -0.1) is 0 Å². The van der Waals surface area contributed by atoms with E-state index >= 15 is 0 Å². The van der Waals surface area contributed by atoms with Crippen LogP contribution in [0.3, 0.4) is 0 Å². The third kappa shape index (κ3) is 3.22. The normalized spacial score (nSPS) is 13.2. The molecule has 3 nitrogen and oxygen atoms in total. The summed E-state index contributed by atoms with van der Waals surface area (Å²) < 4.78 is 6.01. The van der Waals surface area contributed by atoms with Crippen LogP contribution in [0, 0.1) is 12.8 Å². The summed E-state index contributed by atoms with van der Waals surface area (Å²) in [5, 5.41) is 1.16. The van der Waals surface area contributed by atoms with Crippen LogP contribution in [0.15, 0.2) is 28.7 Å². The third-order valence-electron chi connectivity index (χ3n) is 3.97. The standard InChI is InChI=1S/C17H26N2O/c1-4-6-13(7-5-2)17(19-18)16-11-14-10-12(3)8-9-15(14)20-16/h8-11,13,17,19H,4-7,18H2,1-3H3. The first-order chi connectivity index (χ1) is 9.69. The van der Waals surface area contributed by atoms with Crippen molar-refractivity contribution >= 4 is 11.0 Å². The molecule has 20 heavy (non-hydrogen) atoms. The quantitative estimate of drug-likeness (QED) is 0.579. The maximum absolute atomic E-state index is 6.01. The van der Waals surface area contributed by atoms with Gasteiger partial charge in [-0.2, -0.15) is 0 Å². The Morgan fingerprint density at radius 1 is 1.15 bits per heavy atom. The molecule has 0 aliphatic rings. The van der Waals surface area contributed by atoms with E-state index in [2.05, 4.69) is 44.4 Å². The lowest BCUT2D eigenvalue weighted by Gasteiger charge is -2.24. The van der Waals surface area contributed by atoms with Crippen molar-refractivity contribution in [1.29, 1.82) is 0 Å². The predicted octanol–water partition coefficient (Wildman–Crippen LogP) is 4.46. The van der Waals surface area contributed by atoms with Crippen molar-refractivity contribution in [3.8, 4) is 0 Å². The Hall–Kier alpha value is -1.32. The molecule has 1 aromatic heterocycles. The van der Waals surface area contributed by atoms with Gasteiger partial charge in [0.2, 0.25) is 0 Å². The van der Waals surface area contributed by atoms with Crippen LogP contribution in [0.2, 0.25) is 0 Å². The van der Waals surface area contributed by atoms with Crippen molar-refractivity contribution in [2.24, 2.45) is 11.8 Å². The molecule has 1 aromatic carbocycles. The minimum atomic E-state index is 0.0996. The summed E-state index contributed by atoms with van der Waals surface area (Å²) in [5.74, 6) is 7.29. The van der Waals surface area contributed by atoms with Gasteiger partial charge >= 0.3 is 0 Å². The van der Waals surface area contributed by atoms with E-state index in [0.717, 1.165) is 16.7 Å². The Labute approximate surface area is 121 Å². The van der Waals surface area contributed by atoms with Gasteiger partial charge in [0, 0.05) is 5.39 Å². The lowest BCUT2D eigenvalue weighted by molar-refractivity contribution is 0.284. The van der Waals surface area contributed by atoms with Crippen LogP contribution in [-0.4, -0.2) is 0 Å². The number of fused-ring (bicyclic) bond motifs is 1. The van der Waals surface area contributed by atoms with Gasteiger partial charge in [0.25, 0.3) is 0 Å². The van der Waals surface area contributed by atoms with E-state index in [1.165, 1.54) is 31.2 Å². The maximum atomic E-state index is 6.01. The van der Waals surface area contributed by atoms with E-state index in [1.807, 2.05) is 6.07 Å². The average Bonchev–Trinajstić information content (AvgIpc) is 2.82. The van der Waals surface area contributed by atoms with Crippen LogP contribution in [0.5, 0.6) is 0 Å². The second-order valence-corrected chi connectivity index (χ2v) is 5.67. The second-order valence-electron chi connectivity index (χ2n) is 5.67. The van der Waals surface area contributed by atoms with Gasteiger partial charge in [0.15, 0.2) is 0 Å². The molecule has 1 atom stereocenters. The highest BCUT2D eigenvalue weighted by atomic mass is 16.3. The van der Waals surface area contributed by atoms with E-state index in [0.29, 0.717) is 5.92 Å². The molecule has 1 heterocycles. The molecular formula is C17H26N2O. The van der Waals surface area contributed by atoms with E-state index in [1.54, 1.807) is 0 Å². The molecule has 110 valence electrons. The third-order valence-corrected chi connectivity index (χ3v) is 3.97. The van der Waals surface area contributed by atoms with E-state index in [9.17, 15) is 0 Å². The van der Waals surface area contributed by atoms with Gasteiger partial charge in [-0.3, -0.25) is 5.84 Å². The first kappa shape index (κ1) is 15.1. The Bertz CT molecular complexity index is 541. The summed E-state index contributed by atoms with van der Waals surface area (Å²) in [5.41, 5.74) is 5.16. The molecule has 2 rings (SSSR count). The minimum Gasteiger partial charge on any atom is -0.459 e. The monoisotopic (exact) mass is 274 g/mol. The van der Waals surface area contributed by atoms with Crippen LogP contribution in [0.1, 0.15) is 56.9 Å². The number of furan rings is 1. The van der Waals surface area contributed by atoms with Crippen LogP contribution in [-0.2, 0) is 0 Å². The fourth-order valence-electron chi connectivity index (χ4n) is 3.01. The molecule has 0 saturated heterocycles. The highest BCUT2D eigenvalue weighted by molar-refractivity contribution is 5.78. The van der Waals surface area contributed by atoms with Crippen molar-refractivity contribution in [2.45, 2.75) is 52.5 Å². The number of nitrogens with one attached hydrogen (secondary N) is 1. The molecule has 0 fully saturated rings. The lowest BCUT2D eigenvalue weighted by Crippen LogP contribution is -2.33. The van der Waals surface area contributed by atoms with Gasteiger partial charge in [0.05, 0.1) is 6.04 Å². The zero-order chi connectivity index (χ0) is 14.5. The highest BCUT2D eigenvalue weighted by Crippen LogP contribution is 2.32. The first-order valence-electron chi connectivity index (χ1n) is 7.65. The number of rotatable bonds is 7. The van der Waals surface area contributed by atoms with E-state index in [4.69, 9.17) is 10.3 Å². The molecule has 3 N–H and O–H groups in total. The molecule has 0 spiro atoms. The Kier molecular flexibility index (Phi) is 5.21. The second kappa shape index (κ2) is 6.91. The van der Waals surface area contributed by atoms with Gasteiger partial charge in [-0.1, -0.05) is 38.3 Å². The number of hydrogen-bond donors (Lipinski definition) is 2. The lowest BCUT2D eigenvalue weighted by atomic mass is 9.89. The smallest absolute Gasteiger partial charge is 0.134 e. The number of aryl methyl sites for hydroxylation is 1. The molecule has 1 unspecified atom stereocenters. The van der Waals surface area contributed by atoms with Gasteiger partial charge < -0.3 is 4.42 Å². The first-order valence-corrected chi connectivity index (χ1v) is 7.65. The summed E-state index contributed by atoms with van der Waals surface area (Å²) in [6, 6.07) is 8.50. The molecular weight excluding hydrogens is 248 g/mol. The molecule has 0 aliphatic carbocycles. The van der Waals surface area contributed by atoms with Crippen LogP contribution in [0.4, 0.5) is 0 Å². The van der Waals surface area contributed by atoms with Gasteiger partial charge in [0.1, 0.15) is 11.3 Å². The van der Waals surface area contributed by atoms with Crippen LogP contribution < -0.4 is 11.3 Å². The average molecular weight is 274 g/mol. The fourth-order valence-corrected chi connectivity index (χ4v) is 3.01. The molecule has 0 amide bonds. The Morgan fingerprint density at radius 3 is 2.45 bits per heavy atom. The molecule has 0 radical (unpaired) electrons. The summed E-state index contributed by atoms with van der Waals surface area (Å²) in [6.45, 7) is 6.54. The molecule has 0 bridgehead atoms. The van der Waals surface area contributed by atoms with Crippen molar-refractivity contribution in [3.05, 3.63) is 35.6 Å². The molecule has 2 aromatic rings. The van der Waals surface area contributed by atoms with Gasteiger partial charge in [-0.25, -0.2) is 5.43 Å². The minimum absolute atomic E-state index is 0.0996. The highest BCUT2D eigenvalue weighted by Gasteiger charge is 2.24. The van der Waals surface area contributed by atoms with Crippen molar-refractivity contribution in [1.82, 2.24) is 5.43 Å². The van der Waals surface area contributed by atoms with Crippen LogP contribution in [0.25, 0.3) is 11.0 Å².